The number of unbranched alkanes of at least 4 members (excludes halogenated alkanes) is 2. The maximum atomic E-state index is 13.7. The molecule has 0 saturated carbocycles. The van der Waals surface area contributed by atoms with Gasteiger partial charge in [-0.15, -0.1) is 6.58 Å². The Hall–Kier alpha value is -1.89. The van der Waals surface area contributed by atoms with Crippen LogP contribution in [0.5, 0.6) is 0 Å². The minimum Gasteiger partial charge on any atom is -0.444 e. The quantitative estimate of drug-likeness (QED) is 0.368. The van der Waals surface area contributed by atoms with Crippen LogP contribution in [0, 0.1) is 5.82 Å². The monoisotopic (exact) mass is 470 g/mol. The summed E-state index contributed by atoms with van der Waals surface area (Å²) in [7, 11) is 3.25. The van der Waals surface area contributed by atoms with Crippen molar-refractivity contribution in [2.24, 2.45) is 0 Å². The number of allylic oxidation sites excluding steroid dienone is 1. The average Bonchev–Trinajstić information content (AvgIpc) is 2.63. The summed E-state index contributed by atoms with van der Waals surface area (Å²) in [5, 5.41) is 0. The number of carbonyl (C=O) groups is 2. The molecule has 1 aromatic rings. The van der Waals surface area contributed by atoms with Crippen LogP contribution in [-0.2, 0) is 16.0 Å². The predicted molar refractivity (Wildman–Crippen MR) is 117 cm³/mol. The predicted octanol–water partition coefficient (Wildman–Crippen LogP) is 5.18. The van der Waals surface area contributed by atoms with E-state index in [1.165, 1.54) is 24.1 Å². The number of amides is 2. The number of hydrogen-bond acceptors (Lipinski definition) is 3. The van der Waals surface area contributed by atoms with Crippen LogP contribution < -0.4 is 0 Å². The lowest BCUT2D eigenvalue weighted by atomic mass is 10.0. The summed E-state index contributed by atoms with van der Waals surface area (Å²) in [6, 6.07) is 3.50. The molecule has 0 aliphatic rings. The topological polar surface area (TPSA) is 49.9 Å². The first-order chi connectivity index (χ1) is 13.5. The molecule has 0 aliphatic carbocycles. The minimum absolute atomic E-state index is 0.171. The minimum atomic E-state index is -0.813. The van der Waals surface area contributed by atoms with Gasteiger partial charge in [0, 0.05) is 31.5 Å². The number of ether oxygens (including phenoxy) is 1. The molecule has 0 spiro atoms. The zero-order chi connectivity index (χ0) is 22.2. The highest BCUT2D eigenvalue weighted by molar-refractivity contribution is 9.10. The first-order valence-electron chi connectivity index (χ1n) is 9.72. The van der Waals surface area contributed by atoms with E-state index in [0.717, 1.165) is 19.3 Å². The Labute approximate surface area is 182 Å². The SMILES string of the molecule is C=CCCCCN(C)C(=O)[C@H](Cc1cc(F)ccc1Br)N(C)C(=O)OC(C)(C)C. The molecule has 1 aromatic carbocycles. The highest BCUT2D eigenvalue weighted by Gasteiger charge is 2.32. The van der Waals surface area contributed by atoms with Crippen LogP contribution in [0.25, 0.3) is 0 Å². The van der Waals surface area contributed by atoms with Gasteiger partial charge in [-0.25, -0.2) is 9.18 Å². The molecule has 5 nitrogen and oxygen atoms in total. The fourth-order valence-electron chi connectivity index (χ4n) is 2.76. The van der Waals surface area contributed by atoms with Gasteiger partial charge in [0.1, 0.15) is 17.5 Å². The smallest absolute Gasteiger partial charge is 0.410 e. The van der Waals surface area contributed by atoms with Crippen LogP contribution in [0.3, 0.4) is 0 Å². The van der Waals surface area contributed by atoms with Gasteiger partial charge in [0.2, 0.25) is 5.91 Å². The third-order valence-corrected chi connectivity index (χ3v) is 5.16. The van der Waals surface area contributed by atoms with Gasteiger partial charge in [0.05, 0.1) is 0 Å². The molecule has 0 N–H and O–H groups in total. The Morgan fingerprint density at radius 2 is 1.93 bits per heavy atom. The molecule has 1 atom stereocenters. The summed E-state index contributed by atoms with van der Waals surface area (Å²) in [5.74, 6) is -0.611. The van der Waals surface area contributed by atoms with Crippen molar-refractivity contribution in [2.45, 2.75) is 58.1 Å². The molecule has 0 aliphatic heterocycles. The molecule has 162 valence electrons. The fourth-order valence-corrected chi connectivity index (χ4v) is 3.17. The Balaban J connectivity index is 3.06. The van der Waals surface area contributed by atoms with Crippen molar-refractivity contribution in [1.29, 1.82) is 0 Å². The van der Waals surface area contributed by atoms with Crippen molar-refractivity contribution >= 4 is 27.9 Å². The van der Waals surface area contributed by atoms with Crippen LogP contribution in [-0.4, -0.2) is 54.1 Å². The number of rotatable bonds is 9. The maximum absolute atomic E-state index is 13.7. The van der Waals surface area contributed by atoms with Crippen LogP contribution >= 0.6 is 15.9 Å². The third-order valence-electron chi connectivity index (χ3n) is 4.38. The van der Waals surface area contributed by atoms with Crippen LogP contribution in [0.2, 0.25) is 0 Å². The van der Waals surface area contributed by atoms with Gasteiger partial charge in [-0.3, -0.25) is 9.69 Å². The van der Waals surface area contributed by atoms with Gasteiger partial charge in [-0.05, 0) is 63.8 Å². The average molecular weight is 471 g/mol. The lowest BCUT2D eigenvalue weighted by Crippen LogP contribution is -2.50. The molecule has 0 fully saturated rings. The second-order valence-corrected chi connectivity index (χ2v) is 8.95. The van der Waals surface area contributed by atoms with E-state index in [2.05, 4.69) is 22.5 Å². The van der Waals surface area contributed by atoms with E-state index in [4.69, 9.17) is 4.74 Å². The van der Waals surface area contributed by atoms with E-state index in [0.29, 0.717) is 16.6 Å². The summed E-state index contributed by atoms with van der Waals surface area (Å²) in [4.78, 5) is 28.7. The van der Waals surface area contributed by atoms with E-state index in [-0.39, 0.29) is 12.3 Å². The van der Waals surface area contributed by atoms with Gasteiger partial charge in [-0.2, -0.15) is 0 Å². The molecule has 0 aromatic heterocycles. The van der Waals surface area contributed by atoms with E-state index in [1.807, 2.05) is 6.08 Å². The second kappa shape index (κ2) is 11.3. The number of hydrogen-bond donors (Lipinski definition) is 0. The van der Waals surface area contributed by atoms with Crippen LogP contribution in [0.15, 0.2) is 35.3 Å². The van der Waals surface area contributed by atoms with E-state index in [9.17, 15) is 14.0 Å². The summed E-state index contributed by atoms with van der Waals surface area (Å²) in [6.45, 7) is 9.57. The number of likely N-dealkylation sites (N-methyl/N-ethyl adjacent to an activating group) is 2. The number of benzene rings is 1. The third kappa shape index (κ3) is 8.56. The van der Waals surface area contributed by atoms with E-state index in [1.54, 1.807) is 38.8 Å². The standard InChI is InChI=1S/C22H32BrFN2O3/c1-7-8-9-10-13-25(5)20(27)19(26(6)21(28)29-22(2,3)4)15-16-14-17(24)11-12-18(16)23/h7,11-12,14,19H,1,8-10,13,15H2,2-6H3/t19-/m0/s1. The highest BCUT2D eigenvalue weighted by Crippen LogP contribution is 2.22. The van der Waals surface area contributed by atoms with Crippen LogP contribution in [0.1, 0.15) is 45.6 Å². The molecule has 0 bridgehead atoms. The molecule has 0 saturated heterocycles. The Morgan fingerprint density at radius 3 is 2.52 bits per heavy atom. The van der Waals surface area contributed by atoms with Gasteiger partial charge >= 0.3 is 6.09 Å². The molecule has 0 unspecified atom stereocenters. The second-order valence-electron chi connectivity index (χ2n) is 8.09. The maximum Gasteiger partial charge on any atom is 0.410 e. The molecule has 0 heterocycles. The van der Waals surface area contributed by atoms with Gasteiger partial charge in [0.15, 0.2) is 0 Å². The first-order valence-corrected chi connectivity index (χ1v) is 10.5. The lowest BCUT2D eigenvalue weighted by molar-refractivity contribution is -0.135. The van der Waals surface area contributed by atoms with Crippen molar-refractivity contribution in [1.82, 2.24) is 9.80 Å². The zero-order valence-electron chi connectivity index (χ0n) is 18.0. The molecule has 29 heavy (non-hydrogen) atoms. The van der Waals surface area contributed by atoms with Crippen molar-refractivity contribution in [2.75, 3.05) is 20.6 Å². The highest BCUT2D eigenvalue weighted by atomic mass is 79.9. The zero-order valence-corrected chi connectivity index (χ0v) is 19.6. The van der Waals surface area contributed by atoms with E-state index < -0.39 is 23.6 Å². The Bertz CT molecular complexity index is 718. The Kier molecular flexibility index (Phi) is 9.83. The van der Waals surface area contributed by atoms with Crippen molar-refractivity contribution < 1.29 is 18.7 Å². The molecule has 2 amide bonds. The molecule has 0 radical (unpaired) electrons. The van der Waals surface area contributed by atoms with Crippen molar-refractivity contribution in [3.63, 3.8) is 0 Å². The van der Waals surface area contributed by atoms with Gasteiger partial charge < -0.3 is 9.64 Å². The van der Waals surface area contributed by atoms with Crippen molar-refractivity contribution in [3.05, 3.63) is 46.7 Å². The van der Waals surface area contributed by atoms with Crippen LogP contribution in [0.4, 0.5) is 9.18 Å². The summed E-state index contributed by atoms with van der Waals surface area (Å²) in [6.07, 6.45) is 4.08. The van der Waals surface area contributed by atoms with Gasteiger partial charge in [-0.1, -0.05) is 22.0 Å². The van der Waals surface area contributed by atoms with E-state index >= 15 is 0 Å². The van der Waals surface area contributed by atoms with Gasteiger partial charge in [0.25, 0.3) is 0 Å². The first kappa shape index (κ1) is 25.1. The molecule has 7 heteroatoms. The summed E-state index contributed by atoms with van der Waals surface area (Å²) < 4.78 is 19.9. The number of nitrogens with zero attached hydrogens (tertiary/aromatic N) is 2. The largest absolute Gasteiger partial charge is 0.444 e. The fraction of sp³-hybridized carbons (Fsp3) is 0.545. The molecular weight excluding hydrogens is 439 g/mol. The summed E-state index contributed by atoms with van der Waals surface area (Å²) in [5.41, 5.74) is -0.0755. The lowest BCUT2D eigenvalue weighted by Gasteiger charge is -2.32. The normalized spacial score (nSPS) is 12.2. The summed E-state index contributed by atoms with van der Waals surface area (Å²) >= 11 is 3.40. The van der Waals surface area contributed by atoms with Crippen molar-refractivity contribution in [3.8, 4) is 0 Å². The number of carbonyl (C=O) groups excluding carboxylic acids is 2. The Morgan fingerprint density at radius 1 is 1.28 bits per heavy atom. The number of halogens is 2. The molecule has 1 rings (SSSR count). The molecular formula is C22H32BrFN2O3.